The van der Waals surface area contributed by atoms with Crippen molar-refractivity contribution in [3.63, 3.8) is 0 Å². The third-order valence-electron chi connectivity index (χ3n) is 1.96. The van der Waals surface area contributed by atoms with Crippen LogP contribution in [0.5, 0.6) is 0 Å². The van der Waals surface area contributed by atoms with E-state index in [2.05, 4.69) is 0 Å². The maximum Gasteiger partial charge on any atom is 0.192 e. The van der Waals surface area contributed by atoms with Gasteiger partial charge in [0.2, 0.25) is 0 Å². The van der Waals surface area contributed by atoms with Gasteiger partial charge in [-0.25, -0.2) is 0 Å². The molecular formula is C11H10O2. The Morgan fingerprint density at radius 1 is 1.31 bits per heavy atom. The average molecular weight is 174 g/mol. The van der Waals surface area contributed by atoms with E-state index >= 15 is 0 Å². The second-order valence-electron chi connectivity index (χ2n) is 3.04. The zero-order valence-corrected chi connectivity index (χ0v) is 7.41. The molecular weight excluding hydrogens is 164 g/mol. The van der Waals surface area contributed by atoms with Crippen molar-refractivity contribution in [3.8, 4) is 0 Å². The first-order valence-corrected chi connectivity index (χ1v) is 4.25. The number of allylic oxidation sites excluding steroid dienone is 2. The molecule has 1 aliphatic carbocycles. The lowest BCUT2D eigenvalue weighted by atomic mass is 10.2. The molecule has 0 unspecified atom stereocenters. The summed E-state index contributed by atoms with van der Waals surface area (Å²) < 4.78 is 5.42. The van der Waals surface area contributed by atoms with Gasteiger partial charge in [0.25, 0.3) is 0 Å². The van der Waals surface area contributed by atoms with Crippen molar-refractivity contribution >= 4 is 12.2 Å². The molecule has 66 valence electrons. The van der Waals surface area contributed by atoms with Crippen LogP contribution in [-0.4, -0.2) is 0 Å². The average Bonchev–Trinajstić information content (AvgIpc) is 2.28. The third kappa shape index (κ3) is 1.47. The van der Waals surface area contributed by atoms with Crippen LogP contribution in [0.3, 0.4) is 0 Å². The largest absolute Gasteiger partial charge is 0.461 e. The Bertz CT molecular complexity index is 436. The highest BCUT2D eigenvalue weighted by atomic mass is 16.3. The molecule has 1 aromatic rings. The van der Waals surface area contributed by atoms with Gasteiger partial charge in [0.1, 0.15) is 11.5 Å². The Hall–Kier alpha value is -1.57. The number of hydrogen-bond donors (Lipinski definition) is 0. The van der Waals surface area contributed by atoms with Gasteiger partial charge in [-0.05, 0) is 19.4 Å². The molecule has 0 spiro atoms. The molecule has 0 aromatic carbocycles. The number of rotatable bonds is 0. The van der Waals surface area contributed by atoms with Gasteiger partial charge in [0.05, 0.1) is 5.56 Å². The van der Waals surface area contributed by atoms with Crippen molar-refractivity contribution < 1.29 is 4.42 Å². The molecule has 0 atom stereocenters. The summed E-state index contributed by atoms with van der Waals surface area (Å²) in [6.07, 6.45) is 8.45. The van der Waals surface area contributed by atoms with Crippen LogP contribution in [0.4, 0.5) is 0 Å². The molecule has 1 aromatic heterocycles. The Morgan fingerprint density at radius 2 is 2.08 bits per heavy atom. The highest BCUT2D eigenvalue weighted by Gasteiger charge is 2.06. The van der Waals surface area contributed by atoms with Gasteiger partial charge >= 0.3 is 0 Å². The standard InChI is InChI=1S/C11H10O2/c1-8-7-10(12)9-5-3-2-4-6-11(9)13-8/h3-7H,2H2,1H3. The summed E-state index contributed by atoms with van der Waals surface area (Å²) in [6.45, 7) is 1.78. The molecule has 0 saturated heterocycles. The molecule has 1 aliphatic rings. The van der Waals surface area contributed by atoms with E-state index in [1.165, 1.54) is 6.07 Å². The van der Waals surface area contributed by atoms with Crippen molar-refractivity contribution in [2.75, 3.05) is 0 Å². The minimum atomic E-state index is 0.0292. The smallest absolute Gasteiger partial charge is 0.192 e. The third-order valence-corrected chi connectivity index (χ3v) is 1.96. The highest BCUT2D eigenvalue weighted by Crippen LogP contribution is 2.14. The van der Waals surface area contributed by atoms with Crippen LogP contribution in [0.25, 0.3) is 12.2 Å². The first-order chi connectivity index (χ1) is 6.27. The molecule has 0 bridgehead atoms. The highest BCUT2D eigenvalue weighted by molar-refractivity contribution is 5.63. The van der Waals surface area contributed by atoms with Crippen LogP contribution in [0.15, 0.2) is 27.4 Å². The van der Waals surface area contributed by atoms with Crippen molar-refractivity contribution in [2.45, 2.75) is 13.3 Å². The molecule has 2 heteroatoms. The topological polar surface area (TPSA) is 30.2 Å². The first-order valence-electron chi connectivity index (χ1n) is 4.25. The van der Waals surface area contributed by atoms with Crippen LogP contribution < -0.4 is 5.43 Å². The van der Waals surface area contributed by atoms with Gasteiger partial charge in [-0.1, -0.05) is 18.2 Å². The van der Waals surface area contributed by atoms with E-state index in [9.17, 15) is 4.79 Å². The van der Waals surface area contributed by atoms with Gasteiger partial charge in [-0.2, -0.15) is 0 Å². The summed E-state index contributed by atoms with van der Waals surface area (Å²) in [6, 6.07) is 1.52. The van der Waals surface area contributed by atoms with Crippen LogP contribution in [-0.2, 0) is 0 Å². The predicted molar refractivity (Wildman–Crippen MR) is 52.4 cm³/mol. The summed E-state index contributed by atoms with van der Waals surface area (Å²) in [5.41, 5.74) is 0.681. The van der Waals surface area contributed by atoms with E-state index in [0.29, 0.717) is 17.1 Å². The lowest BCUT2D eigenvalue weighted by Gasteiger charge is -1.99. The molecule has 0 aliphatic heterocycles. The summed E-state index contributed by atoms with van der Waals surface area (Å²) in [7, 11) is 0. The van der Waals surface area contributed by atoms with E-state index in [1.54, 1.807) is 6.92 Å². The predicted octanol–water partition coefficient (Wildman–Crippen LogP) is 2.38. The van der Waals surface area contributed by atoms with Crippen molar-refractivity contribution in [1.29, 1.82) is 0 Å². The summed E-state index contributed by atoms with van der Waals surface area (Å²) in [4.78, 5) is 11.5. The van der Waals surface area contributed by atoms with E-state index in [4.69, 9.17) is 4.42 Å². The van der Waals surface area contributed by atoms with Crippen molar-refractivity contribution in [3.05, 3.63) is 45.5 Å². The van der Waals surface area contributed by atoms with Crippen LogP contribution >= 0.6 is 0 Å². The quantitative estimate of drug-likeness (QED) is 0.604. The number of hydrogen-bond acceptors (Lipinski definition) is 2. The van der Waals surface area contributed by atoms with E-state index in [1.807, 2.05) is 24.3 Å². The summed E-state index contributed by atoms with van der Waals surface area (Å²) in [5, 5.41) is 0. The monoisotopic (exact) mass is 174 g/mol. The molecule has 0 N–H and O–H groups in total. The molecule has 0 amide bonds. The first kappa shape index (κ1) is 8.05. The second kappa shape index (κ2) is 3.05. The van der Waals surface area contributed by atoms with Gasteiger partial charge in [-0.3, -0.25) is 4.79 Å². The fourth-order valence-corrected chi connectivity index (χ4v) is 1.37. The number of fused-ring (bicyclic) bond motifs is 1. The zero-order valence-electron chi connectivity index (χ0n) is 7.41. The molecule has 2 nitrogen and oxygen atoms in total. The van der Waals surface area contributed by atoms with E-state index in [-0.39, 0.29) is 5.43 Å². The van der Waals surface area contributed by atoms with Gasteiger partial charge in [0.15, 0.2) is 5.43 Å². The maximum atomic E-state index is 11.5. The van der Waals surface area contributed by atoms with E-state index < -0.39 is 0 Å². The Kier molecular flexibility index (Phi) is 1.89. The molecule has 0 radical (unpaired) electrons. The van der Waals surface area contributed by atoms with Gasteiger partial charge < -0.3 is 4.42 Å². The lowest BCUT2D eigenvalue weighted by molar-refractivity contribution is 0.504. The second-order valence-corrected chi connectivity index (χ2v) is 3.04. The summed E-state index contributed by atoms with van der Waals surface area (Å²) in [5.74, 6) is 1.32. The zero-order chi connectivity index (χ0) is 9.26. The van der Waals surface area contributed by atoms with Crippen LogP contribution in [0, 0.1) is 6.92 Å². The molecule has 13 heavy (non-hydrogen) atoms. The number of aryl methyl sites for hydroxylation is 1. The molecule has 2 rings (SSSR count). The van der Waals surface area contributed by atoms with Crippen molar-refractivity contribution in [1.82, 2.24) is 0 Å². The SMILES string of the molecule is Cc1cc(=O)c2c(o1)C=CCC=C2. The fourth-order valence-electron chi connectivity index (χ4n) is 1.37. The Balaban J connectivity index is 2.74. The molecule has 0 fully saturated rings. The summed E-state index contributed by atoms with van der Waals surface area (Å²) >= 11 is 0. The van der Waals surface area contributed by atoms with Gasteiger partial charge in [-0.15, -0.1) is 0 Å². The van der Waals surface area contributed by atoms with Gasteiger partial charge in [0, 0.05) is 6.07 Å². The van der Waals surface area contributed by atoms with Crippen LogP contribution in [0.2, 0.25) is 0 Å². The molecule has 0 saturated carbocycles. The normalized spacial score (nSPS) is 13.9. The Labute approximate surface area is 76.2 Å². The maximum absolute atomic E-state index is 11.5. The minimum Gasteiger partial charge on any atom is -0.461 e. The molecule has 1 heterocycles. The fraction of sp³-hybridized carbons (Fsp3) is 0.182. The lowest BCUT2D eigenvalue weighted by Crippen LogP contribution is -2.05. The Morgan fingerprint density at radius 3 is 2.92 bits per heavy atom. The van der Waals surface area contributed by atoms with Crippen LogP contribution in [0.1, 0.15) is 23.5 Å². The van der Waals surface area contributed by atoms with Crippen molar-refractivity contribution in [2.24, 2.45) is 0 Å². The minimum absolute atomic E-state index is 0.0292. The van der Waals surface area contributed by atoms with E-state index in [0.717, 1.165) is 6.42 Å².